The van der Waals surface area contributed by atoms with Crippen LogP contribution in [0, 0.1) is 0 Å². The van der Waals surface area contributed by atoms with Gasteiger partial charge in [-0.1, -0.05) is 0 Å². The second-order valence-electron chi connectivity index (χ2n) is 2.91. The summed E-state index contributed by atoms with van der Waals surface area (Å²) >= 11 is 0. The molecule has 70 valence electrons. The van der Waals surface area contributed by atoms with Crippen molar-refractivity contribution in [3.05, 3.63) is 24.0 Å². The van der Waals surface area contributed by atoms with Crippen molar-refractivity contribution in [2.75, 3.05) is 0 Å². The van der Waals surface area contributed by atoms with Crippen LogP contribution in [0.15, 0.2) is 18.3 Å². The fraction of sp³-hybridized carbons (Fsp3) is 0.400. The van der Waals surface area contributed by atoms with Crippen molar-refractivity contribution in [2.45, 2.75) is 25.8 Å². The van der Waals surface area contributed by atoms with Crippen molar-refractivity contribution in [2.24, 2.45) is 0 Å². The zero-order chi connectivity index (χ0) is 9.52. The molecule has 0 N–H and O–H groups in total. The van der Waals surface area contributed by atoms with Crippen molar-refractivity contribution >= 4 is 12.6 Å². The molecule has 0 radical (unpaired) electrons. The summed E-state index contributed by atoms with van der Waals surface area (Å²) in [6, 6.07) is 3.64. The van der Waals surface area contributed by atoms with Crippen molar-refractivity contribution in [1.82, 2.24) is 4.57 Å². The summed E-state index contributed by atoms with van der Waals surface area (Å²) in [5.74, 6) is 0. The van der Waals surface area contributed by atoms with E-state index in [1.54, 1.807) is 6.07 Å². The van der Waals surface area contributed by atoms with E-state index in [-0.39, 0.29) is 0 Å². The molecule has 3 nitrogen and oxygen atoms in total. The third-order valence-electron chi connectivity index (χ3n) is 1.96. The summed E-state index contributed by atoms with van der Waals surface area (Å²) in [6.45, 7) is 0.814. The number of unbranched alkanes of at least 4 members (excludes halogenated alkanes) is 2. The van der Waals surface area contributed by atoms with Crippen LogP contribution >= 0.6 is 0 Å². The van der Waals surface area contributed by atoms with Gasteiger partial charge in [0, 0.05) is 19.2 Å². The molecule has 1 aromatic heterocycles. The van der Waals surface area contributed by atoms with E-state index >= 15 is 0 Å². The van der Waals surface area contributed by atoms with Gasteiger partial charge in [0.25, 0.3) is 0 Å². The smallest absolute Gasteiger partial charge is 0.166 e. The van der Waals surface area contributed by atoms with Crippen LogP contribution in [-0.2, 0) is 11.3 Å². The molecule has 0 aromatic carbocycles. The maximum absolute atomic E-state index is 10.5. The topological polar surface area (TPSA) is 39.1 Å². The van der Waals surface area contributed by atoms with Gasteiger partial charge in [0.2, 0.25) is 0 Å². The minimum Gasteiger partial charge on any atom is -0.345 e. The van der Waals surface area contributed by atoms with Crippen molar-refractivity contribution in [3.63, 3.8) is 0 Å². The van der Waals surface area contributed by atoms with Crippen LogP contribution in [0.5, 0.6) is 0 Å². The molecule has 0 bridgehead atoms. The molecular weight excluding hydrogens is 166 g/mol. The van der Waals surface area contributed by atoms with Crippen LogP contribution in [0.3, 0.4) is 0 Å². The van der Waals surface area contributed by atoms with Gasteiger partial charge in [0.05, 0.1) is 5.69 Å². The Morgan fingerprint density at radius 2 is 2.15 bits per heavy atom. The first-order valence-electron chi connectivity index (χ1n) is 4.42. The molecule has 1 rings (SSSR count). The maximum Gasteiger partial charge on any atom is 0.166 e. The van der Waals surface area contributed by atoms with Crippen molar-refractivity contribution in [3.8, 4) is 0 Å². The Bertz CT molecular complexity index is 278. The summed E-state index contributed by atoms with van der Waals surface area (Å²) in [4.78, 5) is 20.5. The first kappa shape index (κ1) is 9.71. The highest BCUT2D eigenvalue weighted by Crippen LogP contribution is 2.02. The van der Waals surface area contributed by atoms with Crippen molar-refractivity contribution < 1.29 is 9.59 Å². The molecule has 0 fully saturated rings. The lowest BCUT2D eigenvalue weighted by atomic mass is 10.2. The number of hydrogen-bond donors (Lipinski definition) is 0. The van der Waals surface area contributed by atoms with Gasteiger partial charge in [-0.25, -0.2) is 0 Å². The third-order valence-corrected chi connectivity index (χ3v) is 1.96. The van der Waals surface area contributed by atoms with E-state index in [9.17, 15) is 9.59 Å². The molecule has 0 unspecified atom stereocenters. The Kier molecular flexibility index (Phi) is 3.96. The fourth-order valence-electron chi connectivity index (χ4n) is 1.25. The van der Waals surface area contributed by atoms with Crippen LogP contribution in [0.4, 0.5) is 0 Å². The summed E-state index contributed by atoms with van der Waals surface area (Å²) in [7, 11) is 0. The molecule has 0 spiro atoms. The highest BCUT2D eigenvalue weighted by Gasteiger charge is 1.97. The molecule has 0 aliphatic carbocycles. The van der Waals surface area contributed by atoms with E-state index in [1.165, 1.54) is 0 Å². The maximum atomic E-state index is 10.5. The Labute approximate surface area is 77.4 Å². The summed E-state index contributed by atoms with van der Waals surface area (Å²) in [5, 5.41) is 0. The third kappa shape index (κ3) is 2.86. The molecular formula is C10H13NO2. The Morgan fingerprint density at radius 3 is 2.85 bits per heavy atom. The van der Waals surface area contributed by atoms with Crippen LogP contribution in [-0.4, -0.2) is 17.1 Å². The molecule has 0 saturated heterocycles. The molecule has 3 heteroatoms. The molecule has 1 aromatic rings. The monoisotopic (exact) mass is 179 g/mol. The number of rotatable bonds is 6. The summed E-state index contributed by atoms with van der Waals surface area (Å²) < 4.78 is 1.90. The number of nitrogens with zero attached hydrogens (tertiary/aromatic N) is 1. The highest BCUT2D eigenvalue weighted by atomic mass is 16.1. The second kappa shape index (κ2) is 5.30. The Morgan fingerprint density at radius 1 is 1.31 bits per heavy atom. The quantitative estimate of drug-likeness (QED) is 0.492. The van der Waals surface area contributed by atoms with Gasteiger partial charge in [-0.2, -0.15) is 0 Å². The number of carbonyl (C=O) groups excluding carboxylic acids is 2. The van der Waals surface area contributed by atoms with Gasteiger partial charge < -0.3 is 9.36 Å². The lowest BCUT2D eigenvalue weighted by molar-refractivity contribution is -0.107. The molecule has 0 saturated carbocycles. The van der Waals surface area contributed by atoms with E-state index in [2.05, 4.69) is 0 Å². The molecule has 0 amide bonds. The van der Waals surface area contributed by atoms with Gasteiger partial charge in [0.1, 0.15) is 6.29 Å². The van der Waals surface area contributed by atoms with Crippen LogP contribution in [0.1, 0.15) is 29.8 Å². The lowest BCUT2D eigenvalue weighted by Crippen LogP contribution is -2.00. The Balaban J connectivity index is 2.35. The number of carbonyl (C=O) groups is 2. The SMILES string of the molecule is O=CCCCCn1cccc1C=O. The standard InChI is InChI=1S/C10H13NO2/c12-8-3-1-2-6-11-7-4-5-10(11)9-13/h4-5,7-9H,1-3,6H2. The molecule has 0 aliphatic rings. The largest absolute Gasteiger partial charge is 0.345 e. The normalized spacial score (nSPS) is 9.85. The second-order valence-corrected chi connectivity index (χ2v) is 2.91. The first-order valence-corrected chi connectivity index (χ1v) is 4.42. The zero-order valence-corrected chi connectivity index (χ0v) is 7.48. The fourth-order valence-corrected chi connectivity index (χ4v) is 1.25. The van der Waals surface area contributed by atoms with Crippen LogP contribution < -0.4 is 0 Å². The van der Waals surface area contributed by atoms with Gasteiger partial charge in [-0.3, -0.25) is 4.79 Å². The average molecular weight is 179 g/mol. The number of aldehydes is 2. The molecule has 13 heavy (non-hydrogen) atoms. The zero-order valence-electron chi connectivity index (χ0n) is 7.48. The molecule has 1 heterocycles. The van der Waals surface area contributed by atoms with E-state index in [0.29, 0.717) is 12.1 Å². The summed E-state index contributed by atoms with van der Waals surface area (Å²) in [5.41, 5.74) is 0.700. The summed E-state index contributed by atoms with van der Waals surface area (Å²) in [6.07, 6.45) is 6.09. The van der Waals surface area contributed by atoms with E-state index in [4.69, 9.17) is 0 Å². The van der Waals surface area contributed by atoms with Gasteiger partial charge in [-0.05, 0) is 25.0 Å². The highest BCUT2D eigenvalue weighted by molar-refractivity contribution is 5.72. The first-order chi connectivity index (χ1) is 6.38. The van der Waals surface area contributed by atoms with E-state index < -0.39 is 0 Å². The Hall–Kier alpha value is -1.38. The molecule has 0 aliphatic heterocycles. The van der Waals surface area contributed by atoms with Gasteiger partial charge in [-0.15, -0.1) is 0 Å². The van der Waals surface area contributed by atoms with Crippen molar-refractivity contribution in [1.29, 1.82) is 0 Å². The molecule has 0 atom stereocenters. The van der Waals surface area contributed by atoms with Gasteiger partial charge in [0.15, 0.2) is 6.29 Å². The number of aromatic nitrogens is 1. The lowest BCUT2D eigenvalue weighted by Gasteiger charge is -2.03. The number of hydrogen-bond acceptors (Lipinski definition) is 2. The van der Waals surface area contributed by atoms with E-state index in [0.717, 1.165) is 32.0 Å². The minimum atomic E-state index is 0.609. The number of aryl methyl sites for hydroxylation is 1. The van der Waals surface area contributed by atoms with Crippen LogP contribution in [0.2, 0.25) is 0 Å². The predicted molar refractivity (Wildman–Crippen MR) is 49.7 cm³/mol. The van der Waals surface area contributed by atoms with Crippen LogP contribution in [0.25, 0.3) is 0 Å². The van der Waals surface area contributed by atoms with E-state index in [1.807, 2.05) is 16.8 Å². The average Bonchev–Trinajstić information content (AvgIpc) is 2.60. The van der Waals surface area contributed by atoms with Gasteiger partial charge >= 0.3 is 0 Å². The predicted octanol–water partition coefficient (Wildman–Crippen LogP) is 1.67. The minimum absolute atomic E-state index is 0.609.